The summed E-state index contributed by atoms with van der Waals surface area (Å²) in [6.07, 6.45) is 2.27. The Bertz CT molecular complexity index is 567. The molecule has 0 unspecified atom stereocenters. The predicted octanol–water partition coefficient (Wildman–Crippen LogP) is 3.85. The number of carbonyl (C=O) groups is 1. The summed E-state index contributed by atoms with van der Waals surface area (Å²) in [4.78, 5) is 11.5. The molecule has 0 aliphatic carbocycles. The highest BCUT2D eigenvalue weighted by atomic mass is 35.5. The van der Waals surface area contributed by atoms with E-state index in [9.17, 15) is 4.79 Å². The minimum atomic E-state index is -0.455. The molecule has 0 heterocycles. The van der Waals surface area contributed by atoms with Gasteiger partial charge in [0, 0.05) is 10.7 Å². The second-order valence-electron chi connectivity index (χ2n) is 3.61. The van der Waals surface area contributed by atoms with E-state index >= 15 is 0 Å². The molecule has 2 aromatic carbocycles. The topological polar surface area (TPSA) is 55.6 Å². The highest BCUT2D eigenvalue weighted by Crippen LogP contribution is 2.20. The standard InChI is InChI=1S/C14H10ClN3O/c15-11-6-8-13(9-7-11)18-16-10-14(19)17-12-4-2-1-3-5-12/h1-9H,(H-,17,18,19). The predicted molar refractivity (Wildman–Crippen MR) is 77.0 cm³/mol. The van der Waals surface area contributed by atoms with Crippen LogP contribution in [-0.2, 0) is 4.79 Å². The third kappa shape index (κ3) is 4.39. The molecule has 94 valence electrons. The fourth-order valence-electron chi connectivity index (χ4n) is 1.32. The van der Waals surface area contributed by atoms with Crippen molar-refractivity contribution in [3.8, 4) is 0 Å². The first-order valence-electron chi connectivity index (χ1n) is 5.52. The quantitative estimate of drug-likeness (QED) is 0.513. The average molecular weight is 272 g/mol. The second-order valence-corrected chi connectivity index (χ2v) is 4.04. The molecule has 0 aliphatic heterocycles. The molecule has 2 rings (SSSR count). The van der Waals surface area contributed by atoms with E-state index in [0.29, 0.717) is 16.4 Å². The first kappa shape index (κ1) is 13.0. The van der Waals surface area contributed by atoms with Crippen molar-refractivity contribution in [2.24, 2.45) is 5.10 Å². The highest BCUT2D eigenvalue weighted by Gasteiger charge is 2.11. The number of amides is 1. The smallest absolute Gasteiger partial charge is 0.521 e. The van der Waals surface area contributed by atoms with Gasteiger partial charge in [-0.15, -0.1) is 10.8 Å². The normalized spacial score (nSPS) is 9.95. The number of para-hydroxylation sites is 1. The summed E-state index contributed by atoms with van der Waals surface area (Å²) in [6.45, 7) is 0. The Morgan fingerprint density at radius 2 is 1.79 bits per heavy atom. The molecular weight excluding hydrogens is 262 g/mol. The summed E-state index contributed by atoms with van der Waals surface area (Å²) in [7, 11) is 0. The van der Waals surface area contributed by atoms with E-state index in [1.54, 1.807) is 36.4 Å². The van der Waals surface area contributed by atoms with Crippen molar-refractivity contribution in [1.29, 1.82) is 0 Å². The summed E-state index contributed by atoms with van der Waals surface area (Å²) in [6, 6.07) is 15.8. The third-order valence-corrected chi connectivity index (χ3v) is 2.43. The molecule has 0 aliphatic rings. The van der Waals surface area contributed by atoms with Crippen LogP contribution in [-0.4, -0.2) is 12.1 Å². The van der Waals surface area contributed by atoms with Gasteiger partial charge in [0.05, 0.1) is 0 Å². The molecule has 0 spiro atoms. The summed E-state index contributed by atoms with van der Waals surface area (Å²) in [5, 5.41) is 6.82. The summed E-state index contributed by atoms with van der Waals surface area (Å²) in [5.41, 5.74) is 5.11. The Kier molecular flexibility index (Phi) is 4.45. The average Bonchev–Trinajstić information content (AvgIpc) is 2.42. The van der Waals surface area contributed by atoms with Crippen LogP contribution in [0.4, 0.5) is 11.4 Å². The number of carbonyl (C=O) groups excluding carboxylic acids is 1. The van der Waals surface area contributed by atoms with Gasteiger partial charge in [-0.05, 0) is 24.3 Å². The van der Waals surface area contributed by atoms with Gasteiger partial charge in [0.15, 0.2) is 0 Å². The van der Waals surface area contributed by atoms with Gasteiger partial charge in [-0.25, -0.2) is 4.79 Å². The highest BCUT2D eigenvalue weighted by molar-refractivity contribution is 6.32. The first-order chi connectivity index (χ1) is 9.24. The van der Waals surface area contributed by atoms with Crippen LogP contribution in [0.5, 0.6) is 0 Å². The van der Waals surface area contributed by atoms with E-state index in [-0.39, 0.29) is 0 Å². The van der Waals surface area contributed by atoms with Gasteiger partial charge in [-0.2, -0.15) is 0 Å². The number of nitrogens with one attached hydrogen (secondary N) is 1. The Hall–Kier alpha value is -2.42. The van der Waals surface area contributed by atoms with Crippen LogP contribution in [0.1, 0.15) is 0 Å². The second kappa shape index (κ2) is 6.50. The van der Waals surface area contributed by atoms with Gasteiger partial charge in [0.1, 0.15) is 0 Å². The number of anilines is 1. The first-order valence-corrected chi connectivity index (χ1v) is 5.90. The minimum Gasteiger partial charge on any atom is -0.525 e. The lowest BCUT2D eigenvalue weighted by atomic mass is 10.3. The van der Waals surface area contributed by atoms with Gasteiger partial charge < -0.3 is 5.43 Å². The Morgan fingerprint density at radius 3 is 2.47 bits per heavy atom. The van der Waals surface area contributed by atoms with Crippen molar-refractivity contribution in [2.75, 3.05) is 5.32 Å². The molecule has 19 heavy (non-hydrogen) atoms. The van der Waals surface area contributed by atoms with E-state index < -0.39 is 5.91 Å². The Labute approximate surface area is 116 Å². The molecule has 0 saturated heterocycles. The molecule has 4 nitrogen and oxygen atoms in total. The maximum absolute atomic E-state index is 11.5. The van der Waals surface area contributed by atoms with Crippen LogP contribution in [0, 0.1) is 0 Å². The number of benzene rings is 2. The lowest BCUT2D eigenvalue weighted by molar-refractivity contribution is -0.109. The lowest BCUT2D eigenvalue weighted by Gasteiger charge is -2.08. The molecule has 0 fully saturated rings. The maximum atomic E-state index is 11.5. The van der Waals surface area contributed by atoms with Crippen LogP contribution in [0.15, 0.2) is 59.7 Å². The van der Waals surface area contributed by atoms with E-state index in [1.807, 2.05) is 18.2 Å². The number of hydrogen-bond acceptors (Lipinski definition) is 2. The molecular formula is C14H10ClN3O. The fourth-order valence-corrected chi connectivity index (χ4v) is 1.44. The van der Waals surface area contributed by atoms with E-state index in [2.05, 4.69) is 22.1 Å². The maximum Gasteiger partial charge on any atom is 0.521 e. The van der Waals surface area contributed by atoms with Crippen LogP contribution in [0.2, 0.25) is 5.02 Å². The number of halogens is 1. The molecule has 0 bridgehead atoms. The van der Waals surface area contributed by atoms with Crippen LogP contribution < -0.4 is 5.32 Å². The molecule has 0 atom stereocenters. The number of nitrogens with zero attached hydrogens (tertiary/aromatic N) is 2. The van der Waals surface area contributed by atoms with Crippen LogP contribution in [0.25, 0.3) is 5.43 Å². The van der Waals surface area contributed by atoms with Gasteiger partial charge in [0.2, 0.25) is 0 Å². The monoisotopic (exact) mass is 271 g/mol. The van der Waals surface area contributed by atoms with Gasteiger partial charge >= 0.3 is 12.1 Å². The number of hydrogen-bond donors (Lipinski definition) is 1. The van der Waals surface area contributed by atoms with Crippen molar-refractivity contribution in [3.05, 3.63) is 65.0 Å². The largest absolute Gasteiger partial charge is 0.525 e. The van der Waals surface area contributed by atoms with Gasteiger partial charge in [0.25, 0.3) is 0 Å². The van der Waals surface area contributed by atoms with Crippen molar-refractivity contribution >= 4 is 35.1 Å². The van der Waals surface area contributed by atoms with E-state index in [4.69, 9.17) is 11.6 Å². The lowest BCUT2D eigenvalue weighted by Crippen LogP contribution is -2.12. The molecule has 0 aromatic heterocycles. The van der Waals surface area contributed by atoms with Crippen LogP contribution >= 0.6 is 11.6 Å². The zero-order chi connectivity index (χ0) is 13.5. The van der Waals surface area contributed by atoms with Crippen molar-refractivity contribution < 1.29 is 4.79 Å². The van der Waals surface area contributed by atoms with Crippen molar-refractivity contribution in [2.45, 2.75) is 0 Å². The minimum absolute atomic E-state index is 0.455. The van der Waals surface area contributed by atoms with Crippen molar-refractivity contribution in [3.63, 3.8) is 0 Å². The molecule has 0 saturated carbocycles. The summed E-state index contributed by atoms with van der Waals surface area (Å²) in [5.74, 6) is -0.455. The van der Waals surface area contributed by atoms with Crippen LogP contribution in [0.3, 0.4) is 0 Å². The van der Waals surface area contributed by atoms with Crippen molar-refractivity contribution in [1.82, 2.24) is 0 Å². The fraction of sp³-hybridized carbons (Fsp3) is 0. The van der Waals surface area contributed by atoms with E-state index in [0.717, 1.165) is 0 Å². The summed E-state index contributed by atoms with van der Waals surface area (Å²) >= 11 is 5.73. The Balaban J connectivity index is 1.85. The third-order valence-electron chi connectivity index (χ3n) is 2.18. The van der Waals surface area contributed by atoms with E-state index in [1.165, 1.54) is 0 Å². The van der Waals surface area contributed by atoms with Gasteiger partial charge in [-0.3, -0.25) is 5.32 Å². The molecule has 2 aromatic rings. The van der Waals surface area contributed by atoms with Gasteiger partial charge in [-0.1, -0.05) is 41.9 Å². The zero-order valence-corrected chi connectivity index (χ0v) is 10.6. The molecule has 1 N–H and O–H groups in total. The zero-order valence-electron chi connectivity index (χ0n) is 9.88. The SMILES string of the molecule is O=C([C+]=N[N-]c1ccc(Cl)cc1)Nc1ccccc1. The number of rotatable bonds is 4. The summed E-state index contributed by atoms with van der Waals surface area (Å²) < 4.78 is 0. The molecule has 1 amide bonds. The molecule has 0 radical (unpaired) electrons. The molecule has 5 heteroatoms. The Morgan fingerprint density at radius 1 is 1.11 bits per heavy atom.